The van der Waals surface area contributed by atoms with Crippen LogP contribution in [0.4, 0.5) is 5.69 Å². The number of carbonyl (C=O) groups is 2. The zero-order valence-electron chi connectivity index (χ0n) is 14.9. The van der Waals surface area contributed by atoms with Crippen molar-refractivity contribution in [2.24, 2.45) is 0 Å². The molecule has 0 aliphatic carbocycles. The number of anilines is 1. The van der Waals surface area contributed by atoms with Gasteiger partial charge in [0.15, 0.2) is 0 Å². The molecule has 1 aromatic carbocycles. The summed E-state index contributed by atoms with van der Waals surface area (Å²) in [6, 6.07) is 3.25. The molecule has 0 aromatic heterocycles. The Bertz CT molecular complexity index is 599. The van der Waals surface area contributed by atoms with Crippen molar-refractivity contribution >= 4 is 17.6 Å². The van der Waals surface area contributed by atoms with Crippen molar-refractivity contribution < 1.29 is 14.7 Å². The molecule has 0 bridgehead atoms. The predicted octanol–water partition coefficient (Wildman–Crippen LogP) is 1.64. The van der Waals surface area contributed by atoms with Crippen molar-refractivity contribution in [3.8, 4) is 0 Å². The lowest BCUT2D eigenvalue weighted by Crippen LogP contribution is -2.52. The third-order valence-corrected chi connectivity index (χ3v) is 4.58. The first-order chi connectivity index (χ1) is 11.3. The highest BCUT2D eigenvalue weighted by Crippen LogP contribution is 2.22. The number of carboxylic acid groups (broad SMARTS) is 1. The molecule has 0 spiro atoms. The molecule has 132 valence electrons. The van der Waals surface area contributed by atoms with Crippen LogP contribution in [-0.4, -0.2) is 66.1 Å². The smallest absolute Gasteiger partial charge is 0.321 e. The molecular weight excluding hydrogens is 306 g/mol. The van der Waals surface area contributed by atoms with Crippen LogP contribution < -0.4 is 5.32 Å². The number of hydrogen-bond donors (Lipinski definition) is 2. The third-order valence-electron chi connectivity index (χ3n) is 4.58. The number of likely N-dealkylation sites (N-methyl/N-ethyl adjacent to an activating group) is 1. The van der Waals surface area contributed by atoms with Gasteiger partial charge in [0.1, 0.15) is 6.04 Å². The highest BCUT2D eigenvalue weighted by atomic mass is 16.4. The normalized spacial score (nSPS) is 17.5. The van der Waals surface area contributed by atoms with Crippen LogP contribution >= 0.6 is 0 Å². The van der Waals surface area contributed by atoms with Crippen LogP contribution in [0, 0.1) is 20.8 Å². The second-order valence-corrected chi connectivity index (χ2v) is 6.72. The van der Waals surface area contributed by atoms with Gasteiger partial charge in [-0.25, -0.2) is 0 Å². The summed E-state index contributed by atoms with van der Waals surface area (Å²) in [4.78, 5) is 28.1. The van der Waals surface area contributed by atoms with E-state index in [1.165, 1.54) is 0 Å². The molecule has 1 aliphatic rings. The van der Waals surface area contributed by atoms with E-state index in [1.54, 1.807) is 0 Å². The van der Waals surface area contributed by atoms with E-state index in [2.05, 4.69) is 10.2 Å². The monoisotopic (exact) mass is 333 g/mol. The van der Waals surface area contributed by atoms with E-state index >= 15 is 0 Å². The number of carboxylic acids is 1. The van der Waals surface area contributed by atoms with Crippen LogP contribution in [0.3, 0.4) is 0 Å². The second-order valence-electron chi connectivity index (χ2n) is 6.72. The summed E-state index contributed by atoms with van der Waals surface area (Å²) in [6.07, 6.45) is -0.0359. The topological polar surface area (TPSA) is 72.9 Å². The average molecular weight is 333 g/mol. The maximum Gasteiger partial charge on any atom is 0.321 e. The van der Waals surface area contributed by atoms with Crippen LogP contribution in [0.25, 0.3) is 0 Å². The number of hydrogen-bond acceptors (Lipinski definition) is 4. The van der Waals surface area contributed by atoms with E-state index in [0.717, 1.165) is 35.5 Å². The van der Waals surface area contributed by atoms with Crippen LogP contribution in [0.15, 0.2) is 12.1 Å². The minimum absolute atomic E-state index is 0.0359. The number of aryl methyl sites for hydroxylation is 3. The van der Waals surface area contributed by atoms with Crippen LogP contribution in [0.2, 0.25) is 0 Å². The summed E-state index contributed by atoms with van der Waals surface area (Å²) >= 11 is 0. The predicted molar refractivity (Wildman–Crippen MR) is 94.4 cm³/mol. The van der Waals surface area contributed by atoms with E-state index in [4.69, 9.17) is 0 Å². The number of nitrogens with one attached hydrogen (secondary N) is 1. The van der Waals surface area contributed by atoms with E-state index in [1.807, 2.05) is 44.9 Å². The molecule has 1 saturated heterocycles. The van der Waals surface area contributed by atoms with Gasteiger partial charge in [-0.05, 0) is 38.9 Å². The molecule has 1 atom stereocenters. The van der Waals surface area contributed by atoms with Gasteiger partial charge in [0.2, 0.25) is 5.91 Å². The first kappa shape index (κ1) is 18.4. The molecule has 6 nitrogen and oxygen atoms in total. The number of benzene rings is 1. The van der Waals surface area contributed by atoms with Gasteiger partial charge in [-0.1, -0.05) is 17.7 Å². The molecule has 0 radical (unpaired) electrons. The Morgan fingerprint density at radius 1 is 1.12 bits per heavy atom. The number of piperazine rings is 1. The maximum absolute atomic E-state index is 12.4. The zero-order chi connectivity index (χ0) is 17.9. The number of carbonyl (C=O) groups excluding carboxylic acids is 1. The quantitative estimate of drug-likeness (QED) is 0.857. The van der Waals surface area contributed by atoms with Crippen LogP contribution in [0.5, 0.6) is 0 Å². The SMILES string of the molecule is Cc1cc(C)c(NC(=O)C[C@H](C(=O)O)N2CCN(C)CC2)c(C)c1. The average Bonchev–Trinajstić information content (AvgIpc) is 2.49. The van der Waals surface area contributed by atoms with E-state index in [-0.39, 0.29) is 12.3 Å². The third kappa shape index (κ3) is 4.55. The van der Waals surface area contributed by atoms with E-state index in [0.29, 0.717) is 13.1 Å². The molecule has 24 heavy (non-hydrogen) atoms. The molecule has 1 aliphatic heterocycles. The lowest BCUT2D eigenvalue weighted by Gasteiger charge is -2.35. The van der Waals surface area contributed by atoms with E-state index < -0.39 is 12.0 Å². The van der Waals surface area contributed by atoms with Crippen molar-refractivity contribution in [2.75, 3.05) is 38.5 Å². The summed E-state index contributed by atoms with van der Waals surface area (Å²) in [6.45, 7) is 8.89. The second kappa shape index (κ2) is 7.77. The Labute approximate surface area is 143 Å². The van der Waals surface area contributed by atoms with Gasteiger partial charge in [0.05, 0.1) is 6.42 Å². The van der Waals surface area contributed by atoms with Crippen LogP contribution in [-0.2, 0) is 9.59 Å². The Hall–Kier alpha value is -1.92. The number of rotatable bonds is 5. The first-order valence-electron chi connectivity index (χ1n) is 8.31. The summed E-state index contributed by atoms with van der Waals surface area (Å²) in [5.74, 6) is -1.19. The molecule has 0 unspecified atom stereocenters. The largest absolute Gasteiger partial charge is 0.480 e. The zero-order valence-corrected chi connectivity index (χ0v) is 14.9. The van der Waals surface area contributed by atoms with Gasteiger partial charge in [0, 0.05) is 31.9 Å². The van der Waals surface area contributed by atoms with Gasteiger partial charge in [0.25, 0.3) is 0 Å². The molecule has 2 rings (SSSR count). The van der Waals surface area contributed by atoms with E-state index in [9.17, 15) is 14.7 Å². The highest BCUT2D eigenvalue weighted by molar-refractivity contribution is 5.95. The summed E-state index contributed by atoms with van der Waals surface area (Å²) in [5, 5.41) is 12.4. The van der Waals surface area contributed by atoms with Gasteiger partial charge < -0.3 is 15.3 Å². The highest BCUT2D eigenvalue weighted by Gasteiger charge is 2.30. The van der Waals surface area contributed by atoms with Gasteiger partial charge in [-0.3, -0.25) is 14.5 Å². The lowest BCUT2D eigenvalue weighted by molar-refractivity contribution is -0.145. The maximum atomic E-state index is 12.4. The van der Waals surface area contributed by atoms with Crippen molar-refractivity contribution in [3.05, 3.63) is 28.8 Å². The minimum atomic E-state index is -0.938. The van der Waals surface area contributed by atoms with Gasteiger partial charge in [-0.2, -0.15) is 0 Å². The first-order valence-corrected chi connectivity index (χ1v) is 8.31. The standard InChI is InChI=1S/C18H27N3O3/c1-12-9-13(2)17(14(3)10-12)19-16(22)11-15(18(23)24)21-7-5-20(4)6-8-21/h9-10,15H,5-8,11H2,1-4H3,(H,19,22)(H,23,24)/t15-/m1/s1. The molecule has 1 amide bonds. The molecular formula is C18H27N3O3. The Kier molecular flexibility index (Phi) is 5.96. The Morgan fingerprint density at radius 3 is 2.17 bits per heavy atom. The fourth-order valence-electron chi connectivity index (χ4n) is 3.25. The molecule has 1 fully saturated rings. The van der Waals surface area contributed by atoms with Crippen molar-refractivity contribution in [1.29, 1.82) is 0 Å². The van der Waals surface area contributed by atoms with Gasteiger partial charge >= 0.3 is 5.97 Å². The lowest BCUT2D eigenvalue weighted by atomic mass is 10.0. The minimum Gasteiger partial charge on any atom is -0.480 e. The van der Waals surface area contributed by atoms with Crippen molar-refractivity contribution in [1.82, 2.24) is 9.80 Å². The number of aliphatic carboxylic acids is 1. The van der Waals surface area contributed by atoms with Crippen molar-refractivity contribution in [2.45, 2.75) is 33.2 Å². The fourth-order valence-corrected chi connectivity index (χ4v) is 3.25. The number of nitrogens with zero attached hydrogens (tertiary/aromatic N) is 2. The molecule has 1 heterocycles. The molecule has 6 heteroatoms. The van der Waals surface area contributed by atoms with Crippen molar-refractivity contribution in [3.63, 3.8) is 0 Å². The van der Waals surface area contributed by atoms with Crippen LogP contribution in [0.1, 0.15) is 23.1 Å². The summed E-state index contributed by atoms with van der Waals surface area (Å²) < 4.78 is 0. The fraction of sp³-hybridized carbons (Fsp3) is 0.556. The summed E-state index contributed by atoms with van der Waals surface area (Å²) in [7, 11) is 2.02. The molecule has 0 saturated carbocycles. The Morgan fingerprint density at radius 2 is 1.67 bits per heavy atom. The van der Waals surface area contributed by atoms with Gasteiger partial charge in [-0.15, -0.1) is 0 Å². The molecule has 2 N–H and O–H groups in total. The molecule has 1 aromatic rings. The number of amides is 1. The Balaban J connectivity index is 2.05. The summed E-state index contributed by atoms with van der Waals surface area (Å²) in [5.41, 5.74) is 3.91.